The molecule has 2 aromatic carbocycles. The summed E-state index contributed by atoms with van der Waals surface area (Å²) in [7, 11) is 0. The number of ether oxygens (including phenoxy) is 1. The highest BCUT2D eigenvalue weighted by Crippen LogP contribution is 2.39. The normalized spacial score (nSPS) is 17.8. The molecule has 2 atom stereocenters. The lowest BCUT2D eigenvalue weighted by Gasteiger charge is -2.17. The van der Waals surface area contributed by atoms with E-state index in [1.165, 1.54) is 0 Å². The molecule has 0 amide bonds. The summed E-state index contributed by atoms with van der Waals surface area (Å²) in [6.45, 7) is 0. The lowest BCUT2D eigenvalue weighted by Crippen LogP contribution is -2.16. The fourth-order valence-corrected chi connectivity index (χ4v) is 2.96. The molecule has 0 saturated carbocycles. The molecule has 8 nitrogen and oxygen atoms in total. The molecule has 2 unspecified atom stereocenters. The number of carbonyl (C=O) groups is 1. The number of esters is 1. The van der Waals surface area contributed by atoms with Crippen LogP contribution in [0, 0.1) is 38.5 Å². The van der Waals surface area contributed by atoms with Crippen molar-refractivity contribution in [2.24, 2.45) is 5.92 Å². The fourth-order valence-electron chi connectivity index (χ4n) is 2.96. The molecule has 0 saturated heterocycles. The average Bonchev–Trinajstić information content (AvgIpc) is 2.99. The van der Waals surface area contributed by atoms with Gasteiger partial charge in [0.25, 0.3) is 11.4 Å². The largest absolute Gasteiger partial charge is 0.453 e. The van der Waals surface area contributed by atoms with Gasteiger partial charge in [0.15, 0.2) is 0 Å². The number of carbonyl (C=O) groups excluding carboxylic acids is 1. The van der Waals surface area contributed by atoms with Crippen LogP contribution >= 0.6 is 0 Å². The monoisotopic (exact) mass is 352 g/mol. The van der Waals surface area contributed by atoms with E-state index in [-0.39, 0.29) is 11.5 Å². The van der Waals surface area contributed by atoms with Crippen molar-refractivity contribution in [2.75, 3.05) is 0 Å². The molecule has 1 aliphatic carbocycles. The standard InChI is InChI=1S/C18H12N2O6/c1-2-11-7-12-5-3-4-6-16(12)17(11)26-18(21)13-8-14(19(22)23)10-15(9-13)20(24)25/h1,3-6,8-11,17H,7H2. The van der Waals surface area contributed by atoms with Gasteiger partial charge in [0.1, 0.15) is 6.10 Å². The predicted octanol–water partition coefficient (Wildman–Crippen LogP) is 3.21. The molecular weight excluding hydrogens is 340 g/mol. The first-order valence-corrected chi connectivity index (χ1v) is 7.59. The van der Waals surface area contributed by atoms with Crippen molar-refractivity contribution in [3.05, 3.63) is 79.4 Å². The lowest BCUT2D eigenvalue weighted by molar-refractivity contribution is -0.394. The maximum Gasteiger partial charge on any atom is 0.339 e. The molecule has 0 spiro atoms. The minimum atomic E-state index is -0.904. The van der Waals surface area contributed by atoms with E-state index in [2.05, 4.69) is 5.92 Å². The molecule has 0 heterocycles. The number of benzene rings is 2. The van der Waals surface area contributed by atoms with Crippen molar-refractivity contribution < 1.29 is 19.4 Å². The van der Waals surface area contributed by atoms with Gasteiger partial charge in [-0.3, -0.25) is 20.2 Å². The van der Waals surface area contributed by atoms with Crippen LogP contribution in [0.5, 0.6) is 0 Å². The van der Waals surface area contributed by atoms with Gasteiger partial charge in [0.2, 0.25) is 0 Å². The van der Waals surface area contributed by atoms with Crippen molar-refractivity contribution in [3.63, 3.8) is 0 Å². The Morgan fingerprint density at radius 2 is 1.73 bits per heavy atom. The fraction of sp³-hybridized carbons (Fsp3) is 0.167. The van der Waals surface area contributed by atoms with Crippen molar-refractivity contribution in [1.29, 1.82) is 0 Å². The zero-order valence-corrected chi connectivity index (χ0v) is 13.3. The second kappa shape index (κ2) is 6.64. The van der Waals surface area contributed by atoms with E-state index in [1.54, 1.807) is 12.1 Å². The number of hydrogen-bond acceptors (Lipinski definition) is 6. The van der Waals surface area contributed by atoms with Crippen molar-refractivity contribution in [2.45, 2.75) is 12.5 Å². The first kappa shape index (κ1) is 17.1. The van der Waals surface area contributed by atoms with E-state index in [0.717, 1.165) is 29.3 Å². The summed E-state index contributed by atoms with van der Waals surface area (Å²) >= 11 is 0. The van der Waals surface area contributed by atoms with Crippen molar-refractivity contribution in [3.8, 4) is 12.3 Å². The summed E-state index contributed by atoms with van der Waals surface area (Å²) < 4.78 is 5.47. The Labute approximate surface area is 147 Å². The van der Waals surface area contributed by atoms with Gasteiger partial charge < -0.3 is 4.74 Å². The molecule has 0 fully saturated rings. The van der Waals surface area contributed by atoms with Crippen LogP contribution in [0.15, 0.2) is 42.5 Å². The zero-order valence-electron chi connectivity index (χ0n) is 13.3. The van der Waals surface area contributed by atoms with Gasteiger partial charge in [0.05, 0.1) is 27.4 Å². The molecule has 0 bridgehead atoms. The molecule has 1 aliphatic rings. The quantitative estimate of drug-likeness (QED) is 0.361. The molecule has 0 aliphatic heterocycles. The number of terminal acetylenes is 1. The number of fused-ring (bicyclic) bond motifs is 1. The summed E-state index contributed by atoms with van der Waals surface area (Å²) in [6.07, 6.45) is 5.36. The number of nitro benzene ring substituents is 2. The van der Waals surface area contributed by atoms with E-state index >= 15 is 0 Å². The second-order valence-corrected chi connectivity index (χ2v) is 5.75. The summed E-state index contributed by atoms with van der Waals surface area (Å²) in [5.41, 5.74) is 0.325. The number of hydrogen-bond donors (Lipinski definition) is 0. The number of rotatable bonds is 4. The Morgan fingerprint density at radius 3 is 2.31 bits per heavy atom. The van der Waals surface area contributed by atoms with Crippen LogP contribution in [0.1, 0.15) is 27.6 Å². The summed E-state index contributed by atoms with van der Waals surface area (Å²) in [5, 5.41) is 21.9. The molecular formula is C18H12N2O6. The summed E-state index contributed by atoms with van der Waals surface area (Å²) in [5.74, 6) is 1.31. The van der Waals surface area contributed by atoms with Gasteiger partial charge in [-0.2, -0.15) is 0 Å². The third-order valence-electron chi connectivity index (χ3n) is 4.17. The van der Waals surface area contributed by atoms with E-state index < -0.39 is 33.3 Å². The Kier molecular flexibility index (Phi) is 4.37. The van der Waals surface area contributed by atoms with Crippen LogP contribution in [-0.4, -0.2) is 15.8 Å². The van der Waals surface area contributed by atoms with Crippen LogP contribution in [0.25, 0.3) is 0 Å². The summed E-state index contributed by atoms with van der Waals surface area (Å²) in [4.78, 5) is 32.8. The smallest absolute Gasteiger partial charge is 0.339 e. The van der Waals surface area contributed by atoms with Gasteiger partial charge in [-0.25, -0.2) is 4.79 Å². The minimum Gasteiger partial charge on any atom is -0.453 e. The maximum absolute atomic E-state index is 12.5. The number of non-ortho nitro benzene ring substituents is 2. The topological polar surface area (TPSA) is 113 Å². The van der Waals surface area contributed by atoms with Gasteiger partial charge in [-0.05, 0) is 17.5 Å². The van der Waals surface area contributed by atoms with E-state index in [9.17, 15) is 25.0 Å². The van der Waals surface area contributed by atoms with Crippen LogP contribution in [-0.2, 0) is 11.2 Å². The van der Waals surface area contributed by atoms with Gasteiger partial charge >= 0.3 is 5.97 Å². The van der Waals surface area contributed by atoms with Crippen LogP contribution in [0.2, 0.25) is 0 Å². The molecule has 26 heavy (non-hydrogen) atoms. The molecule has 0 N–H and O–H groups in total. The SMILES string of the molecule is C#CC1Cc2ccccc2C1OC(=O)c1cc([N+](=O)[O-])cc([N+](=O)[O-])c1. The van der Waals surface area contributed by atoms with Crippen LogP contribution in [0.3, 0.4) is 0 Å². The van der Waals surface area contributed by atoms with E-state index in [1.807, 2.05) is 12.1 Å². The third-order valence-corrected chi connectivity index (χ3v) is 4.17. The Morgan fingerprint density at radius 1 is 1.12 bits per heavy atom. The molecule has 0 aromatic heterocycles. The highest BCUT2D eigenvalue weighted by molar-refractivity contribution is 5.91. The molecule has 3 rings (SSSR count). The molecule has 2 aromatic rings. The number of nitrogens with zero attached hydrogens (tertiary/aromatic N) is 2. The van der Waals surface area contributed by atoms with Gasteiger partial charge in [-0.15, -0.1) is 6.42 Å². The highest BCUT2D eigenvalue weighted by Gasteiger charge is 2.35. The number of nitro groups is 2. The first-order chi connectivity index (χ1) is 12.4. The predicted molar refractivity (Wildman–Crippen MR) is 90.4 cm³/mol. The van der Waals surface area contributed by atoms with E-state index in [0.29, 0.717) is 6.42 Å². The Bertz CT molecular complexity index is 930. The molecule has 0 radical (unpaired) electrons. The van der Waals surface area contributed by atoms with Crippen LogP contribution in [0.4, 0.5) is 11.4 Å². The second-order valence-electron chi connectivity index (χ2n) is 5.75. The van der Waals surface area contributed by atoms with Gasteiger partial charge in [-0.1, -0.05) is 30.2 Å². The third kappa shape index (κ3) is 3.10. The molecule has 8 heteroatoms. The maximum atomic E-state index is 12.5. The van der Waals surface area contributed by atoms with Crippen molar-refractivity contribution >= 4 is 17.3 Å². The highest BCUT2D eigenvalue weighted by atomic mass is 16.6. The molecule has 130 valence electrons. The Hall–Kier alpha value is -3.73. The first-order valence-electron chi connectivity index (χ1n) is 7.59. The van der Waals surface area contributed by atoms with Gasteiger partial charge in [0, 0.05) is 12.1 Å². The van der Waals surface area contributed by atoms with Crippen LogP contribution < -0.4 is 0 Å². The lowest BCUT2D eigenvalue weighted by atomic mass is 10.0. The summed E-state index contributed by atoms with van der Waals surface area (Å²) in [6, 6.07) is 9.98. The zero-order chi connectivity index (χ0) is 18.8. The average molecular weight is 352 g/mol. The van der Waals surface area contributed by atoms with Crippen molar-refractivity contribution in [1.82, 2.24) is 0 Å². The Balaban J connectivity index is 1.94. The minimum absolute atomic E-state index is 0.272. The van der Waals surface area contributed by atoms with E-state index in [4.69, 9.17) is 11.2 Å².